The SMILES string of the molecule is O=C(CCc1cc(-c2cccc(-c3ccc(CN4CCCC4)cc3)c2)no1)c1ccc(Cl)s1. The van der Waals surface area contributed by atoms with Crippen LogP contribution in [-0.4, -0.2) is 28.9 Å². The van der Waals surface area contributed by atoms with Crippen molar-refractivity contribution < 1.29 is 9.32 Å². The van der Waals surface area contributed by atoms with E-state index in [1.165, 1.54) is 48.4 Å². The largest absolute Gasteiger partial charge is 0.361 e. The number of ketones is 1. The van der Waals surface area contributed by atoms with E-state index in [9.17, 15) is 4.79 Å². The number of carbonyl (C=O) groups is 1. The summed E-state index contributed by atoms with van der Waals surface area (Å²) >= 11 is 7.24. The average Bonchev–Trinajstić information content (AvgIpc) is 3.61. The summed E-state index contributed by atoms with van der Waals surface area (Å²) in [6, 6.07) is 22.6. The second-order valence-corrected chi connectivity index (χ2v) is 10.2. The molecule has 0 amide bonds. The van der Waals surface area contributed by atoms with E-state index in [0.29, 0.717) is 27.8 Å². The van der Waals surface area contributed by atoms with Crippen molar-refractivity contribution in [2.45, 2.75) is 32.2 Å². The molecule has 4 nitrogen and oxygen atoms in total. The minimum absolute atomic E-state index is 0.0695. The number of likely N-dealkylation sites (tertiary alicyclic amines) is 1. The summed E-state index contributed by atoms with van der Waals surface area (Å²) in [5.74, 6) is 0.776. The van der Waals surface area contributed by atoms with Crippen molar-refractivity contribution in [3.63, 3.8) is 0 Å². The number of carbonyl (C=O) groups excluding carboxylic acids is 1. The number of hydrogen-bond donors (Lipinski definition) is 0. The number of Topliss-reactive ketones (excluding diaryl/α,β-unsaturated/α-hetero) is 1. The molecule has 0 bridgehead atoms. The van der Waals surface area contributed by atoms with E-state index in [1.54, 1.807) is 12.1 Å². The first kappa shape index (κ1) is 22.1. The Morgan fingerprint density at radius 3 is 2.52 bits per heavy atom. The molecule has 0 saturated carbocycles. The zero-order chi connectivity index (χ0) is 22.6. The number of thiophene rings is 1. The highest BCUT2D eigenvalue weighted by atomic mass is 35.5. The summed E-state index contributed by atoms with van der Waals surface area (Å²) in [6.45, 7) is 3.45. The van der Waals surface area contributed by atoms with Gasteiger partial charge in [0.25, 0.3) is 0 Å². The standard InChI is InChI=1S/C27H25ClN2O2S/c28-27-13-12-26(33-27)25(31)11-10-23-17-24(29-32-23)22-5-3-4-21(16-22)20-8-6-19(7-9-20)18-30-14-1-2-15-30/h3-9,12-13,16-17H,1-2,10-11,14-15,18H2. The molecular weight excluding hydrogens is 452 g/mol. The number of benzene rings is 2. The summed E-state index contributed by atoms with van der Waals surface area (Å²) in [4.78, 5) is 15.5. The number of aromatic nitrogens is 1. The van der Waals surface area contributed by atoms with Gasteiger partial charge in [0.2, 0.25) is 0 Å². The fourth-order valence-electron chi connectivity index (χ4n) is 4.25. The van der Waals surface area contributed by atoms with Crippen LogP contribution in [0, 0.1) is 0 Å². The molecule has 0 N–H and O–H groups in total. The van der Waals surface area contributed by atoms with Crippen LogP contribution in [0.15, 0.2) is 71.3 Å². The van der Waals surface area contributed by atoms with E-state index in [0.717, 1.165) is 23.4 Å². The lowest BCUT2D eigenvalue weighted by atomic mass is 10.0. The van der Waals surface area contributed by atoms with Gasteiger partial charge >= 0.3 is 0 Å². The molecule has 0 radical (unpaired) electrons. The Morgan fingerprint density at radius 2 is 1.76 bits per heavy atom. The maximum Gasteiger partial charge on any atom is 0.173 e. The first-order valence-corrected chi connectivity index (χ1v) is 12.5. The van der Waals surface area contributed by atoms with Crippen LogP contribution in [0.1, 0.15) is 40.3 Å². The van der Waals surface area contributed by atoms with Gasteiger partial charge in [0.15, 0.2) is 5.78 Å². The second kappa shape index (κ2) is 10.0. The lowest BCUT2D eigenvalue weighted by Gasteiger charge is -2.14. The lowest BCUT2D eigenvalue weighted by molar-refractivity contribution is 0.0984. The summed E-state index contributed by atoms with van der Waals surface area (Å²) < 4.78 is 6.13. The highest BCUT2D eigenvalue weighted by Crippen LogP contribution is 2.28. The summed E-state index contributed by atoms with van der Waals surface area (Å²) in [7, 11) is 0. The molecule has 3 heterocycles. The van der Waals surface area contributed by atoms with Crippen molar-refractivity contribution in [1.82, 2.24) is 10.1 Å². The van der Waals surface area contributed by atoms with E-state index >= 15 is 0 Å². The second-order valence-electron chi connectivity index (χ2n) is 8.47. The Hall–Kier alpha value is -2.73. The summed E-state index contributed by atoms with van der Waals surface area (Å²) in [6.07, 6.45) is 3.51. The highest BCUT2D eigenvalue weighted by Gasteiger charge is 2.14. The highest BCUT2D eigenvalue weighted by molar-refractivity contribution is 7.18. The Bertz CT molecular complexity index is 1240. The number of hydrogen-bond acceptors (Lipinski definition) is 5. The minimum Gasteiger partial charge on any atom is -0.361 e. The monoisotopic (exact) mass is 476 g/mol. The van der Waals surface area contributed by atoms with Gasteiger partial charge in [-0.15, -0.1) is 11.3 Å². The zero-order valence-electron chi connectivity index (χ0n) is 18.3. The van der Waals surface area contributed by atoms with Gasteiger partial charge in [-0.25, -0.2) is 0 Å². The van der Waals surface area contributed by atoms with E-state index in [-0.39, 0.29) is 5.78 Å². The van der Waals surface area contributed by atoms with Gasteiger partial charge in [-0.3, -0.25) is 9.69 Å². The Balaban J connectivity index is 1.24. The van der Waals surface area contributed by atoms with Crippen molar-refractivity contribution in [3.05, 3.63) is 87.3 Å². The molecule has 2 aromatic carbocycles. The zero-order valence-corrected chi connectivity index (χ0v) is 19.9. The van der Waals surface area contributed by atoms with Crippen LogP contribution in [0.25, 0.3) is 22.4 Å². The molecule has 1 aliphatic heterocycles. The van der Waals surface area contributed by atoms with Crippen LogP contribution >= 0.6 is 22.9 Å². The van der Waals surface area contributed by atoms with Crippen molar-refractivity contribution in [1.29, 1.82) is 0 Å². The predicted molar refractivity (Wildman–Crippen MR) is 134 cm³/mol. The van der Waals surface area contributed by atoms with E-state index < -0.39 is 0 Å². The normalized spacial score (nSPS) is 14.1. The molecule has 4 aromatic rings. The molecule has 5 rings (SSSR count). The number of halogens is 1. The molecule has 2 aromatic heterocycles. The fourth-order valence-corrected chi connectivity index (χ4v) is 5.26. The maximum atomic E-state index is 12.3. The van der Waals surface area contributed by atoms with Crippen LogP contribution in [0.5, 0.6) is 0 Å². The molecule has 33 heavy (non-hydrogen) atoms. The van der Waals surface area contributed by atoms with Gasteiger partial charge < -0.3 is 4.52 Å². The van der Waals surface area contributed by atoms with E-state index in [4.69, 9.17) is 16.1 Å². The molecule has 6 heteroatoms. The van der Waals surface area contributed by atoms with Crippen molar-refractivity contribution in [2.24, 2.45) is 0 Å². The van der Waals surface area contributed by atoms with Crippen LogP contribution in [-0.2, 0) is 13.0 Å². The number of rotatable bonds is 8. The molecule has 0 atom stereocenters. The smallest absolute Gasteiger partial charge is 0.173 e. The van der Waals surface area contributed by atoms with Gasteiger partial charge in [0.1, 0.15) is 11.5 Å². The Kier molecular flexibility index (Phi) is 6.72. The van der Waals surface area contributed by atoms with Gasteiger partial charge in [-0.2, -0.15) is 0 Å². The molecule has 0 aliphatic carbocycles. The van der Waals surface area contributed by atoms with Crippen LogP contribution in [0.3, 0.4) is 0 Å². The van der Waals surface area contributed by atoms with Gasteiger partial charge in [0.05, 0.1) is 9.21 Å². The lowest BCUT2D eigenvalue weighted by Crippen LogP contribution is -2.18. The topological polar surface area (TPSA) is 46.3 Å². The fraction of sp³-hybridized carbons (Fsp3) is 0.259. The van der Waals surface area contributed by atoms with E-state index in [1.807, 2.05) is 18.2 Å². The third-order valence-corrected chi connectivity index (χ3v) is 7.33. The summed E-state index contributed by atoms with van der Waals surface area (Å²) in [5.41, 5.74) is 5.47. The van der Waals surface area contributed by atoms with Crippen molar-refractivity contribution in [3.8, 4) is 22.4 Å². The molecular formula is C27H25ClN2O2S. The summed E-state index contributed by atoms with van der Waals surface area (Å²) in [5, 5.41) is 4.24. The maximum absolute atomic E-state index is 12.3. The van der Waals surface area contributed by atoms with Crippen molar-refractivity contribution in [2.75, 3.05) is 13.1 Å². The first-order valence-electron chi connectivity index (χ1n) is 11.3. The predicted octanol–water partition coefficient (Wildman–Crippen LogP) is 7.13. The molecule has 1 fully saturated rings. The molecule has 1 aliphatic rings. The molecule has 0 unspecified atom stereocenters. The molecule has 0 spiro atoms. The van der Waals surface area contributed by atoms with Gasteiger partial charge in [0, 0.05) is 31.0 Å². The van der Waals surface area contributed by atoms with E-state index in [2.05, 4.69) is 46.5 Å². The Labute approximate surface area is 202 Å². The quantitative estimate of drug-likeness (QED) is 0.254. The molecule has 168 valence electrons. The first-order chi connectivity index (χ1) is 16.1. The van der Waals surface area contributed by atoms with Crippen molar-refractivity contribution >= 4 is 28.7 Å². The third-order valence-electron chi connectivity index (χ3n) is 6.06. The number of nitrogens with zero attached hydrogens (tertiary/aromatic N) is 2. The van der Waals surface area contributed by atoms with Crippen LogP contribution in [0.2, 0.25) is 4.34 Å². The number of aryl methyl sites for hydroxylation is 1. The minimum atomic E-state index is 0.0695. The molecule has 1 saturated heterocycles. The van der Waals surface area contributed by atoms with Crippen LogP contribution < -0.4 is 0 Å². The third kappa shape index (κ3) is 5.44. The Morgan fingerprint density at radius 1 is 0.970 bits per heavy atom. The van der Waals surface area contributed by atoms with Gasteiger partial charge in [-0.05, 0) is 60.8 Å². The van der Waals surface area contributed by atoms with Gasteiger partial charge in [-0.1, -0.05) is 59.2 Å². The van der Waals surface area contributed by atoms with Crippen LogP contribution in [0.4, 0.5) is 0 Å². The average molecular weight is 477 g/mol.